The Labute approximate surface area is 104 Å². The molecule has 0 radical (unpaired) electrons. The molecule has 0 rings (SSSR count). The van der Waals surface area contributed by atoms with E-state index in [9.17, 15) is 4.79 Å². The summed E-state index contributed by atoms with van der Waals surface area (Å²) in [5.74, 6) is -0.201. The van der Waals surface area contributed by atoms with Gasteiger partial charge in [-0.3, -0.25) is 10.5 Å². The van der Waals surface area contributed by atoms with Crippen LogP contribution in [-0.4, -0.2) is 25.3 Å². The zero-order valence-corrected chi connectivity index (χ0v) is 10.7. The fourth-order valence-electron chi connectivity index (χ4n) is 1.54. The summed E-state index contributed by atoms with van der Waals surface area (Å²) in [6, 6.07) is 0. The van der Waals surface area contributed by atoms with E-state index in [1.807, 2.05) is 0 Å². The van der Waals surface area contributed by atoms with Gasteiger partial charge in [0, 0.05) is 6.42 Å². The van der Waals surface area contributed by atoms with Crippen LogP contribution in [0.25, 0.3) is 0 Å². The molecule has 0 heterocycles. The third-order valence-corrected chi connectivity index (χ3v) is 2.56. The summed E-state index contributed by atoms with van der Waals surface area (Å²) < 4.78 is 5.09. The van der Waals surface area contributed by atoms with Crippen molar-refractivity contribution in [3.63, 3.8) is 0 Å². The van der Waals surface area contributed by atoms with Crippen LogP contribution in [0.1, 0.15) is 51.4 Å². The van der Waals surface area contributed by atoms with Gasteiger partial charge in [-0.25, -0.2) is 0 Å². The maximum absolute atomic E-state index is 11.4. The second kappa shape index (κ2) is 11.8. The number of unbranched alkanes of at least 4 members (excludes halogenated alkanes) is 4. The molecule has 0 aliphatic heterocycles. The van der Waals surface area contributed by atoms with Gasteiger partial charge >= 0.3 is 5.97 Å². The van der Waals surface area contributed by atoms with Gasteiger partial charge in [0.1, 0.15) is 0 Å². The molecule has 0 aromatic carbocycles. The van der Waals surface area contributed by atoms with Gasteiger partial charge in [-0.05, 0) is 45.2 Å². The molecule has 0 spiro atoms. The molecule has 17 heavy (non-hydrogen) atoms. The van der Waals surface area contributed by atoms with Crippen molar-refractivity contribution in [2.24, 2.45) is 17.2 Å². The lowest BCUT2D eigenvalue weighted by Gasteiger charge is -2.12. The maximum atomic E-state index is 11.4. The first kappa shape index (κ1) is 16.4. The fraction of sp³-hybridized carbons (Fsp3) is 0.917. The topological polar surface area (TPSA) is 104 Å². The number of carbonyl (C=O) groups excluding carboxylic acids is 1. The molecule has 6 N–H and O–H groups in total. The van der Waals surface area contributed by atoms with Crippen LogP contribution in [0.5, 0.6) is 0 Å². The number of rotatable bonds is 11. The van der Waals surface area contributed by atoms with Crippen molar-refractivity contribution in [3.05, 3.63) is 0 Å². The first-order valence-corrected chi connectivity index (χ1v) is 6.56. The lowest BCUT2D eigenvalue weighted by atomic mass is 10.2. The number of nitrogens with two attached hydrogens (primary N) is 3. The average molecular weight is 245 g/mol. The highest BCUT2D eigenvalue weighted by Gasteiger charge is 2.08. The summed E-state index contributed by atoms with van der Waals surface area (Å²) in [6.45, 7) is 1.38. The molecule has 0 aromatic heterocycles. The van der Waals surface area contributed by atoms with E-state index >= 15 is 0 Å². The van der Waals surface area contributed by atoms with E-state index in [-0.39, 0.29) is 5.97 Å². The summed E-state index contributed by atoms with van der Waals surface area (Å²) in [6.07, 6.45) is 6.45. The van der Waals surface area contributed by atoms with E-state index < -0.39 is 6.23 Å². The molecular formula is C12H27N3O2. The van der Waals surface area contributed by atoms with Gasteiger partial charge in [0.2, 0.25) is 0 Å². The number of ether oxygens (including phenoxy) is 1. The van der Waals surface area contributed by atoms with Crippen molar-refractivity contribution >= 4 is 5.97 Å². The molecule has 0 aliphatic rings. The quantitative estimate of drug-likeness (QED) is 0.284. The largest absolute Gasteiger partial charge is 0.447 e. The van der Waals surface area contributed by atoms with Crippen LogP contribution in [0.15, 0.2) is 0 Å². The molecule has 0 aromatic rings. The molecule has 1 atom stereocenters. The van der Waals surface area contributed by atoms with Crippen LogP contribution >= 0.6 is 0 Å². The molecule has 0 saturated carbocycles. The number of hydrogen-bond donors (Lipinski definition) is 3. The molecular weight excluding hydrogens is 218 g/mol. The lowest BCUT2D eigenvalue weighted by molar-refractivity contribution is -0.149. The molecule has 5 heteroatoms. The van der Waals surface area contributed by atoms with Crippen LogP contribution in [0, 0.1) is 0 Å². The standard InChI is InChI=1S/C12H27N3O2/c13-9-5-1-3-7-11(15)17-12(16)8-4-2-6-10-14/h11H,1-10,13-15H2. The average Bonchev–Trinajstić information content (AvgIpc) is 2.30. The number of carbonyl (C=O) groups is 1. The van der Waals surface area contributed by atoms with Crippen LogP contribution < -0.4 is 17.2 Å². The number of esters is 1. The molecule has 0 fully saturated rings. The molecule has 0 aliphatic carbocycles. The van der Waals surface area contributed by atoms with Crippen molar-refractivity contribution < 1.29 is 9.53 Å². The van der Waals surface area contributed by atoms with Gasteiger partial charge in [0.25, 0.3) is 0 Å². The third kappa shape index (κ3) is 11.6. The van der Waals surface area contributed by atoms with Crippen molar-refractivity contribution in [2.45, 2.75) is 57.6 Å². The van der Waals surface area contributed by atoms with E-state index in [0.29, 0.717) is 25.9 Å². The third-order valence-electron chi connectivity index (χ3n) is 2.56. The molecule has 102 valence electrons. The van der Waals surface area contributed by atoms with Gasteiger partial charge in [-0.15, -0.1) is 0 Å². The maximum Gasteiger partial charge on any atom is 0.307 e. The normalized spacial score (nSPS) is 12.4. The van der Waals surface area contributed by atoms with E-state index in [4.69, 9.17) is 21.9 Å². The Morgan fingerprint density at radius 3 is 2.12 bits per heavy atom. The SMILES string of the molecule is NCCCCCC(=O)OC(N)CCCCCN. The Morgan fingerprint density at radius 2 is 1.53 bits per heavy atom. The number of hydrogen-bond acceptors (Lipinski definition) is 5. The zero-order valence-electron chi connectivity index (χ0n) is 10.7. The zero-order chi connectivity index (χ0) is 12.9. The summed E-state index contributed by atoms with van der Waals surface area (Å²) in [4.78, 5) is 11.4. The van der Waals surface area contributed by atoms with Crippen molar-refractivity contribution in [3.8, 4) is 0 Å². The Hall–Kier alpha value is -0.650. The van der Waals surface area contributed by atoms with E-state index in [0.717, 1.165) is 38.5 Å². The molecule has 5 nitrogen and oxygen atoms in total. The monoisotopic (exact) mass is 245 g/mol. The lowest BCUT2D eigenvalue weighted by Crippen LogP contribution is -2.27. The first-order valence-electron chi connectivity index (χ1n) is 6.56. The van der Waals surface area contributed by atoms with E-state index in [1.165, 1.54) is 0 Å². The molecule has 0 saturated heterocycles. The van der Waals surface area contributed by atoms with Crippen LogP contribution in [0.2, 0.25) is 0 Å². The Morgan fingerprint density at radius 1 is 0.941 bits per heavy atom. The first-order chi connectivity index (χ1) is 8.20. The predicted molar refractivity (Wildman–Crippen MR) is 69.1 cm³/mol. The minimum absolute atomic E-state index is 0.201. The van der Waals surface area contributed by atoms with Crippen LogP contribution in [0.4, 0.5) is 0 Å². The van der Waals surface area contributed by atoms with E-state index in [2.05, 4.69) is 0 Å². The Kier molecular flexibility index (Phi) is 11.4. The second-order valence-corrected chi connectivity index (χ2v) is 4.27. The summed E-state index contributed by atoms with van der Waals surface area (Å²) in [5, 5.41) is 0. The highest BCUT2D eigenvalue weighted by molar-refractivity contribution is 5.69. The summed E-state index contributed by atoms with van der Waals surface area (Å²) in [5.41, 5.74) is 16.4. The highest BCUT2D eigenvalue weighted by Crippen LogP contribution is 2.05. The highest BCUT2D eigenvalue weighted by atomic mass is 16.6. The fourth-order valence-corrected chi connectivity index (χ4v) is 1.54. The van der Waals surface area contributed by atoms with Crippen molar-refractivity contribution in [1.29, 1.82) is 0 Å². The van der Waals surface area contributed by atoms with Crippen molar-refractivity contribution in [1.82, 2.24) is 0 Å². The van der Waals surface area contributed by atoms with Gasteiger partial charge in [-0.2, -0.15) is 0 Å². The van der Waals surface area contributed by atoms with Gasteiger partial charge < -0.3 is 16.2 Å². The Balaban J connectivity index is 3.38. The molecule has 0 bridgehead atoms. The van der Waals surface area contributed by atoms with Gasteiger partial charge in [-0.1, -0.05) is 12.8 Å². The van der Waals surface area contributed by atoms with E-state index in [1.54, 1.807) is 0 Å². The minimum atomic E-state index is -0.463. The van der Waals surface area contributed by atoms with Crippen LogP contribution in [0.3, 0.4) is 0 Å². The molecule has 1 unspecified atom stereocenters. The Bertz CT molecular complexity index is 189. The van der Waals surface area contributed by atoms with Gasteiger partial charge in [0.15, 0.2) is 6.23 Å². The predicted octanol–water partition coefficient (Wildman–Crippen LogP) is 0.853. The smallest absolute Gasteiger partial charge is 0.307 e. The summed E-state index contributed by atoms with van der Waals surface area (Å²) >= 11 is 0. The second-order valence-electron chi connectivity index (χ2n) is 4.27. The summed E-state index contributed by atoms with van der Waals surface area (Å²) in [7, 11) is 0. The van der Waals surface area contributed by atoms with Crippen molar-refractivity contribution in [2.75, 3.05) is 13.1 Å². The van der Waals surface area contributed by atoms with Crippen LogP contribution in [-0.2, 0) is 9.53 Å². The molecule has 0 amide bonds. The van der Waals surface area contributed by atoms with Gasteiger partial charge in [0.05, 0.1) is 0 Å². The minimum Gasteiger partial charge on any atom is -0.447 e.